The summed E-state index contributed by atoms with van der Waals surface area (Å²) in [5, 5.41) is 14.4. The molecule has 1 aromatic heterocycles. The monoisotopic (exact) mass is 354 g/mol. The molecule has 1 aromatic carbocycles. The second-order valence-corrected chi connectivity index (χ2v) is 6.42. The van der Waals surface area contributed by atoms with Gasteiger partial charge in [0, 0.05) is 6.20 Å². The Balaban J connectivity index is 1.60. The SMILES string of the molecule is C=Cc1c(O)cccc1OCC1=C(c2ccnn2C2COC2)CCOC1. The van der Waals surface area contributed by atoms with Gasteiger partial charge in [0.1, 0.15) is 18.1 Å². The number of ether oxygens (including phenoxy) is 3. The summed E-state index contributed by atoms with van der Waals surface area (Å²) in [6.07, 6.45) is 4.26. The van der Waals surface area contributed by atoms with Gasteiger partial charge in [0.05, 0.1) is 43.7 Å². The standard InChI is InChI=1S/C20H22N2O4/c1-2-16-19(23)4-3-5-20(16)26-11-14-10-24-9-7-17(14)18-6-8-21-22(18)15-12-25-13-15/h2-6,8,15,23H,1,7,9-13H2. The Morgan fingerprint density at radius 2 is 2.19 bits per heavy atom. The zero-order valence-electron chi connectivity index (χ0n) is 14.6. The van der Waals surface area contributed by atoms with E-state index in [0.29, 0.717) is 50.4 Å². The maximum Gasteiger partial charge on any atom is 0.130 e. The fraction of sp³-hybridized carbons (Fsp3) is 0.350. The van der Waals surface area contributed by atoms with Gasteiger partial charge in [-0.15, -0.1) is 0 Å². The van der Waals surface area contributed by atoms with Crippen molar-refractivity contribution in [2.45, 2.75) is 12.5 Å². The van der Waals surface area contributed by atoms with E-state index in [4.69, 9.17) is 14.2 Å². The van der Waals surface area contributed by atoms with Crippen LogP contribution < -0.4 is 4.74 Å². The molecule has 2 aliphatic rings. The van der Waals surface area contributed by atoms with Crippen LogP contribution in [0.3, 0.4) is 0 Å². The first-order chi connectivity index (χ1) is 12.8. The Bertz CT molecular complexity index is 836. The summed E-state index contributed by atoms with van der Waals surface area (Å²) in [6, 6.07) is 7.56. The second-order valence-electron chi connectivity index (χ2n) is 6.42. The summed E-state index contributed by atoms with van der Waals surface area (Å²) in [6.45, 7) is 6.77. The van der Waals surface area contributed by atoms with Crippen LogP contribution in [0, 0.1) is 0 Å². The van der Waals surface area contributed by atoms with E-state index < -0.39 is 0 Å². The number of aromatic hydroxyl groups is 1. The third-order valence-electron chi connectivity index (χ3n) is 4.79. The molecule has 2 aliphatic heterocycles. The van der Waals surface area contributed by atoms with Crippen molar-refractivity contribution in [1.29, 1.82) is 0 Å². The van der Waals surface area contributed by atoms with Gasteiger partial charge in [0.25, 0.3) is 0 Å². The van der Waals surface area contributed by atoms with E-state index in [1.165, 1.54) is 5.57 Å². The van der Waals surface area contributed by atoms with Crippen LogP contribution >= 0.6 is 0 Å². The molecule has 0 unspecified atom stereocenters. The van der Waals surface area contributed by atoms with Crippen LogP contribution in [0.2, 0.25) is 0 Å². The Morgan fingerprint density at radius 1 is 1.31 bits per heavy atom. The number of phenols is 1. The molecule has 6 nitrogen and oxygen atoms in total. The quantitative estimate of drug-likeness (QED) is 0.864. The van der Waals surface area contributed by atoms with Crippen molar-refractivity contribution in [3.63, 3.8) is 0 Å². The van der Waals surface area contributed by atoms with Crippen molar-refractivity contribution in [1.82, 2.24) is 9.78 Å². The maximum absolute atomic E-state index is 9.95. The lowest BCUT2D eigenvalue weighted by atomic mass is 10.00. The van der Waals surface area contributed by atoms with Crippen LogP contribution in [0.5, 0.6) is 11.5 Å². The van der Waals surface area contributed by atoms with E-state index >= 15 is 0 Å². The zero-order valence-corrected chi connectivity index (χ0v) is 14.6. The maximum atomic E-state index is 9.95. The van der Waals surface area contributed by atoms with Gasteiger partial charge < -0.3 is 19.3 Å². The normalized spacial score (nSPS) is 17.8. The molecule has 136 valence electrons. The fourth-order valence-electron chi connectivity index (χ4n) is 3.31. The van der Waals surface area contributed by atoms with Crippen LogP contribution in [0.25, 0.3) is 11.6 Å². The predicted molar refractivity (Wildman–Crippen MR) is 98.1 cm³/mol. The molecule has 1 saturated heterocycles. The van der Waals surface area contributed by atoms with Crippen molar-refractivity contribution < 1.29 is 19.3 Å². The van der Waals surface area contributed by atoms with Crippen LogP contribution in [-0.2, 0) is 9.47 Å². The molecule has 0 atom stereocenters. The number of hydrogen-bond donors (Lipinski definition) is 1. The summed E-state index contributed by atoms with van der Waals surface area (Å²) in [4.78, 5) is 0. The summed E-state index contributed by atoms with van der Waals surface area (Å²) >= 11 is 0. The smallest absolute Gasteiger partial charge is 0.130 e. The van der Waals surface area contributed by atoms with Gasteiger partial charge >= 0.3 is 0 Å². The Hall–Kier alpha value is -2.57. The minimum atomic E-state index is 0.162. The number of benzene rings is 1. The lowest BCUT2D eigenvalue weighted by Gasteiger charge is -2.29. The molecule has 3 heterocycles. The highest BCUT2D eigenvalue weighted by Crippen LogP contribution is 2.32. The molecule has 26 heavy (non-hydrogen) atoms. The van der Waals surface area contributed by atoms with Gasteiger partial charge in [0.2, 0.25) is 0 Å². The van der Waals surface area contributed by atoms with Gasteiger partial charge in [-0.2, -0.15) is 5.10 Å². The third-order valence-corrected chi connectivity index (χ3v) is 4.79. The Kier molecular flexibility index (Phi) is 4.77. The van der Waals surface area contributed by atoms with E-state index in [2.05, 4.69) is 11.7 Å². The lowest BCUT2D eigenvalue weighted by molar-refractivity contribution is -0.0290. The summed E-state index contributed by atoms with van der Waals surface area (Å²) < 4.78 is 19.0. The first kappa shape index (κ1) is 16.9. The molecule has 1 N–H and O–H groups in total. The van der Waals surface area contributed by atoms with Crippen molar-refractivity contribution in [2.24, 2.45) is 0 Å². The highest BCUT2D eigenvalue weighted by Gasteiger charge is 2.26. The third kappa shape index (κ3) is 3.13. The van der Waals surface area contributed by atoms with E-state index in [0.717, 1.165) is 17.7 Å². The van der Waals surface area contributed by atoms with E-state index in [1.54, 1.807) is 18.2 Å². The van der Waals surface area contributed by atoms with Crippen LogP contribution in [-0.4, -0.2) is 47.9 Å². The number of hydrogen-bond acceptors (Lipinski definition) is 5. The van der Waals surface area contributed by atoms with Gasteiger partial charge in [-0.05, 0) is 35.8 Å². The molecule has 2 aromatic rings. The molecule has 4 rings (SSSR count). The molecule has 6 heteroatoms. The first-order valence-electron chi connectivity index (χ1n) is 8.75. The van der Waals surface area contributed by atoms with Gasteiger partial charge in [-0.3, -0.25) is 4.68 Å². The number of phenolic OH excluding ortho intramolecular Hbond substituents is 1. The number of aromatic nitrogens is 2. The average Bonchev–Trinajstić information content (AvgIpc) is 3.07. The van der Waals surface area contributed by atoms with E-state index in [-0.39, 0.29) is 5.75 Å². The molecule has 0 saturated carbocycles. The number of nitrogens with zero attached hydrogens (tertiary/aromatic N) is 2. The molecule has 1 fully saturated rings. The van der Waals surface area contributed by atoms with Gasteiger partial charge in [0.15, 0.2) is 0 Å². The zero-order chi connectivity index (χ0) is 17.9. The molecule has 0 spiro atoms. The Morgan fingerprint density at radius 3 is 2.96 bits per heavy atom. The molecule has 0 aliphatic carbocycles. The van der Waals surface area contributed by atoms with Crippen LogP contribution in [0.1, 0.15) is 23.7 Å². The van der Waals surface area contributed by atoms with E-state index in [9.17, 15) is 5.11 Å². The number of rotatable bonds is 6. The molecule has 0 radical (unpaired) electrons. The van der Waals surface area contributed by atoms with E-state index in [1.807, 2.05) is 23.0 Å². The van der Waals surface area contributed by atoms with Crippen molar-refractivity contribution in [3.05, 3.63) is 53.9 Å². The Labute approximate surface area is 152 Å². The van der Waals surface area contributed by atoms with Crippen molar-refractivity contribution in [3.8, 4) is 11.5 Å². The summed E-state index contributed by atoms with van der Waals surface area (Å²) in [5.41, 5.74) is 4.03. The summed E-state index contributed by atoms with van der Waals surface area (Å²) in [5.74, 6) is 0.771. The van der Waals surface area contributed by atoms with Crippen LogP contribution in [0.4, 0.5) is 0 Å². The highest BCUT2D eigenvalue weighted by molar-refractivity contribution is 5.68. The fourth-order valence-corrected chi connectivity index (χ4v) is 3.31. The van der Waals surface area contributed by atoms with Crippen LogP contribution in [0.15, 0.2) is 42.6 Å². The predicted octanol–water partition coefficient (Wildman–Crippen LogP) is 3.06. The minimum Gasteiger partial charge on any atom is -0.507 e. The van der Waals surface area contributed by atoms with Gasteiger partial charge in [-0.1, -0.05) is 18.7 Å². The average molecular weight is 354 g/mol. The van der Waals surface area contributed by atoms with Gasteiger partial charge in [-0.25, -0.2) is 0 Å². The minimum absolute atomic E-state index is 0.162. The topological polar surface area (TPSA) is 65.7 Å². The highest BCUT2D eigenvalue weighted by atomic mass is 16.5. The molecule has 0 bridgehead atoms. The molecular formula is C20H22N2O4. The summed E-state index contributed by atoms with van der Waals surface area (Å²) in [7, 11) is 0. The molecular weight excluding hydrogens is 332 g/mol. The largest absolute Gasteiger partial charge is 0.507 e. The molecule has 0 amide bonds. The van der Waals surface area contributed by atoms with Crippen molar-refractivity contribution in [2.75, 3.05) is 33.0 Å². The van der Waals surface area contributed by atoms with Crippen molar-refractivity contribution >= 4 is 11.6 Å². The lowest BCUT2D eigenvalue weighted by Crippen LogP contribution is -2.32. The first-order valence-corrected chi connectivity index (χ1v) is 8.75. The second kappa shape index (κ2) is 7.35.